The van der Waals surface area contributed by atoms with Crippen molar-refractivity contribution in [3.63, 3.8) is 0 Å². The molecule has 3 rings (SSSR count). The molecule has 0 saturated carbocycles. The number of fused-ring (bicyclic) bond motifs is 1. The van der Waals surface area contributed by atoms with Crippen LogP contribution in [0.3, 0.4) is 0 Å². The fourth-order valence-corrected chi connectivity index (χ4v) is 2.88. The molecule has 0 saturated heterocycles. The predicted molar refractivity (Wildman–Crippen MR) is 82.2 cm³/mol. The molecule has 0 radical (unpaired) electrons. The van der Waals surface area contributed by atoms with Crippen molar-refractivity contribution in [2.45, 2.75) is 32.2 Å². The molecule has 2 aliphatic rings. The van der Waals surface area contributed by atoms with Gasteiger partial charge in [-0.15, -0.1) is 0 Å². The second-order valence-corrected chi connectivity index (χ2v) is 5.50. The molecule has 0 spiro atoms. The van der Waals surface area contributed by atoms with Crippen LogP contribution in [0.15, 0.2) is 23.8 Å². The van der Waals surface area contributed by atoms with Crippen LogP contribution in [0, 0.1) is 0 Å². The second kappa shape index (κ2) is 6.85. The Balaban J connectivity index is 1.57. The lowest BCUT2D eigenvalue weighted by molar-refractivity contribution is 0.165. The lowest BCUT2D eigenvalue weighted by atomic mass is 10.1. The molecule has 0 unspecified atom stereocenters. The summed E-state index contributed by atoms with van der Waals surface area (Å²) in [6, 6.07) is 4.06. The SMILES string of the molecule is COc1cc(CNCCC2=CCCC2)cc2c1OCCO2. The Morgan fingerprint density at radius 1 is 1.24 bits per heavy atom. The van der Waals surface area contributed by atoms with Crippen LogP contribution in [0.4, 0.5) is 0 Å². The lowest BCUT2D eigenvalue weighted by Crippen LogP contribution is -2.18. The van der Waals surface area contributed by atoms with Gasteiger partial charge in [0.05, 0.1) is 7.11 Å². The second-order valence-electron chi connectivity index (χ2n) is 5.50. The summed E-state index contributed by atoms with van der Waals surface area (Å²) >= 11 is 0. The highest BCUT2D eigenvalue weighted by Crippen LogP contribution is 2.40. The van der Waals surface area contributed by atoms with Crippen LogP contribution in [-0.2, 0) is 6.54 Å². The smallest absolute Gasteiger partial charge is 0.203 e. The largest absolute Gasteiger partial charge is 0.493 e. The summed E-state index contributed by atoms with van der Waals surface area (Å²) < 4.78 is 16.7. The number of hydrogen-bond donors (Lipinski definition) is 1. The third-order valence-corrected chi connectivity index (χ3v) is 3.97. The van der Waals surface area contributed by atoms with Crippen molar-refractivity contribution in [3.05, 3.63) is 29.3 Å². The molecule has 0 fully saturated rings. The molecular formula is C17H23NO3. The highest BCUT2D eigenvalue weighted by atomic mass is 16.6. The Kier molecular flexibility index (Phi) is 4.65. The molecule has 4 nitrogen and oxygen atoms in total. The molecule has 1 N–H and O–H groups in total. The molecule has 1 aromatic rings. The van der Waals surface area contributed by atoms with Gasteiger partial charge in [-0.05, 0) is 49.9 Å². The standard InChI is InChI=1S/C17H23NO3/c1-19-15-10-14(11-16-17(15)21-9-8-20-16)12-18-7-6-13-4-2-3-5-13/h4,10-11,18H,2-3,5-9,12H2,1H3. The maximum absolute atomic E-state index is 5.65. The topological polar surface area (TPSA) is 39.7 Å². The lowest BCUT2D eigenvalue weighted by Gasteiger charge is -2.21. The van der Waals surface area contributed by atoms with Gasteiger partial charge < -0.3 is 19.5 Å². The van der Waals surface area contributed by atoms with Crippen LogP contribution in [-0.4, -0.2) is 26.9 Å². The number of allylic oxidation sites excluding steroid dienone is 1. The molecule has 0 aromatic heterocycles. The minimum absolute atomic E-state index is 0.579. The first-order valence-electron chi connectivity index (χ1n) is 7.72. The highest BCUT2D eigenvalue weighted by Gasteiger charge is 2.18. The van der Waals surface area contributed by atoms with Crippen LogP contribution in [0.25, 0.3) is 0 Å². The van der Waals surface area contributed by atoms with Crippen LogP contribution in [0.2, 0.25) is 0 Å². The summed E-state index contributed by atoms with van der Waals surface area (Å²) in [7, 11) is 1.66. The Morgan fingerprint density at radius 2 is 2.14 bits per heavy atom. The van der Waals surface area contributed by atoms with Gasteiger partial charge in [0.1, 0.15) is 13.2 Å². The van der Waals surface area contributed by atoms with Crippen LogP contribution >= 0.6 is 0 Å². The van der Waals surface area contributed by atoms with E-state index in [1.165, 1.54) is 19.3 Å². The summed E-state index contributed by atoms with van der Waals surface area (Å²) in [5, 5.41) is 3.49. The molecule has 0 amide bonds. The first kappa shape index (κ1) is 14.3. The van der Waals surface area contributed by atoms with Gasteiger partial charge in [0.25, 0.3) is 0 Å². The zero-order chi connectivity index (χ0) is 14.5. The first-order valence-corrected chi connectivity index (χ1v) is 7.72. The average molecular weight is 289 g/mol. The Hall–Kier alpha value is -1.68. The van der Waals surface area contributed by atoms with Gasteiger partial charge >= 0.3 is 0 Å². The summed E-state index contributed by atoms with van der Waals surface area (Å²) in [4.78, 5) is 0. The Bertz CT molecular complexity index is 508. The van der Waals surface area contributed by atoms with Crippen LogP contribution in [0.5, 0.6) is 17.2 Å². The molecular weight excluding hydrogens is 266 g/mol. The van der Waals surface area contributed by atoms with Crippen molar-refractivity contribution >= 4 is 0 Å². The molecule has 1 aromatic carbocycles. The van der Waals surface area contributed by atoms with E-state index in [0.717, 1.165) is 42.3 Å². The van der Waals surface area contributed by atoms with E-state index in [1.54, 1.807) is 12.7 Å². The number of nitrogens with one attached hydrogen (secondary N) is 1. The van der Waals surface area contributed by atoms with Crippen molar-refractivity contribution in [1.29, 1.82) is 0 Å². The minimum atomic E-state index is 0.579. The zero-order valence-electron chi connectivity index (χ0n) is 12.6. The van der Waals surface area contributed by atoms with E-state index >= 15 is 0 Å². The number of methoxy groups -OCH3 is 1. The zero-order valence-corrected chi connectivity index (χ0v) is 12.6. The van der Waals surface area contributed by atoms with Gasteiger partial charge in [-0.1, -0.05) is 11.6 Å². The van der Waals surface area contributed by atoms with E-state index < -0.39 is 0 Å². The molecule has 1 heterocycles. The van der Waals surface area contributed by atoms with Crippen LogP contribution < -0.4 is 19.5 Å². The van der Waals surface area contributed by atoms with Crippen molar-refractivity contribution in [1.82, 2.24) is 5.32 Å². The van der Waals surface area contributed by atoms with Gasteiger partial charge in [-0.2, -0.15) is 0 Å². The predicted octanol–water partition coefficient (Wildman–Crippen LogP) is 3.06. The van der Waals surface area contributed by atoms with Crippen molar-refractivity contribution < 1.29 is 14.2 Å². The third kappa shape index (κ3) is 3.50. The number of rotatable bonds is 6. The van der Waals surface area contributed by atoms with E-state index in [2.05, 4.69) is 11.4 Å². The van der Waals surface area contributed by atoms with E-state index in [1.807, 2.05) is 12.1 Å². The van der Waals surface area contributed by atoms with Gasteiger partial charge in [0, 0.05) is 6.54 Å². The fraction of sp³-hybridized carbons (Fsp3) is 0.529. The Morgan fingerprint density at radius 3 is 2.95 bits per heavy atom. The highest BCUT2D eigenvalue weighted by molar-refractivity contribution is 5.54. The van der Waals surface area contributed by atoms with Crippen molar-refractivity contribution in [3.8, 4) is 17.2 Å². The average Bonchev–Trinajstić information content (AvgIpc) is 3.04. The van der Waals surface area contributed by atoms with Crippen molar-refractivity contribution in [2.24, 2.45) is 0 Å². The van der Waals surface area contributed by atoms with Crippen LogP contribution in [0.1, 0.15) is 31.2 Å². The molecule has 4 heteroatoms. The van der Waals surface area contributed by atoms with E-state index in [0.29, 0.717) is 13.2 Å². The first-order chi connectivity index (χ1) is 10.4. The molecule has 1 aliphatic carbocycles. The van der Waals surface area contributed by atoms with Gasteiger partial charge in [0.15, 0.2) is 11.5 Å². The number of ether oxygens (including phenoxy) is 3. The summed E-state index contributed by atoms with van der Waals surface area (Å²) in [5.41, 5.74) is 2.76. The quantitative estimate of drug-likeness (QED) is 0.645. The minimum Gasteiger partial charge on any atom is -0.493 e. The molecule has 0 bridgehead atoms. The van der Waals surface area contributed by atoms with E-state index in [-0.39, 0.29) is 0 Å². The normalized spacial score (nSPS) is 16.7. The summed E-state index contributed by atoms with van der Waals surface area (Å²) in [6.07, 6.45) is 7.40. The molecule has 21 heavy (non-hydrogen) atoms. The number of hydrogen-bond acceptors (Lipinski definition) is 4. The fourth-order valence-electron chi connectivity index (χ4n) is 2.88. The Labute approximate surface area is 126 Å². The summed E-state index contributed by atoms with van der Waals surface area (Å²) in [6.45, 7) is 3.01. The van der Waals surface area contributed by atoms with E-state index in [9.17, 15) is 0 Å². The van der Waals surface area contributed by atoms with Crippen molar-refractivity contribution in [2.75, 3.05) is 26.9 Å². The number of benzene rings is 1. The molecule has 0 atom stereocenters. The molecule has 114 valence electrons. The van der Waals surface area contributed by atoms with E-state index in [4.69, 9.17) is 14.2 Å². The maximum atomic E-state index is 5.65. The monoisotopic (exact) mass is 289 g/mol. The van der Waals surface area contributed by atoms with Gasteiger partial charge in [0.2, 0.25) is 5.75 Å². The molecule has 1 aliphatic heterocycles. The van der Waals surface area contributed by atoms with Gasteiger partial charge in [-0.25, -0.2) is 0 Å². The third-order valence-electron chi connectivity index (χ3n) is 3.97. The summed E-state index contributed by atoms with van der Waals surface area (Å²) in [5.74, 6) is 2.27. The maximum Gasteiger partial charge on any atom is 0.203 e. The van der Waals surface area contributed by atoms with Gasteiger partial charge in [-0.3, -0.25) is 0 Å².